The largest absolute Gasteiger partial charge is 0.365 e. The summed E-state index contributed by atoms with van der Waals surface area (Å²) >= 11 is 0. The van der Waals surface area contributed by atoms with E-state index in [1.165, 1.54) is 18.2 Å². The van der Waals surface area contributed by atoms with E-state index >= 15 is 0 Å². The van der Waals surface area contributed by atoms with Gasteiger partial charge in [0.2, 0.25) is 5.91 Å². The minimum atomic E-state index is -0.565. The summed E-state index contributed by atoms with van der Waals surface area (Å²) in [6, 6.07) is 3.97. The second-order valence-corrected chi connectivity index (χ2v) is 4.32. The van der Waals surface area contributed by atoms with E-state index in [-0.39, 0.29) is 23.7 Å². The molecule has 0 atom stereocenters. The van der Waals surface area contributed by atoms with Crippen molar-refractivity contribution in [2.75, 3.05) is 25.0 Å². The van der Waals surface area contributed by atoms with Crippen molar-refractivity contribution in [1.82, 2.24) is 5.32 Å². The Kier molecular flexibility index (Phi) is 5.64. The van der Waals surface area contributed by atoms with Crippen LogP contribution in [0.5, 0.6) is 0 Å². The van der Waals surface area contributed by atoms with Crippen molar-refractivity contribution < 1.29 is 14.5 Å². The molecule has 1 N–H and O–H groups in total. The molecule has 20 heavy (non-hydrogen) atoms. The summed E-state index contributed by atoms with van der Waals surface area (Å²) in [5.74, 6) is -0.162. The number of aldehydes is 1. The molecule has 0 aliphatic carbocycles. The van der Waals surface area contributed by atoms with Gasteiger partial charge >= 0.3 is 0 Å². The molecule has 0 aromatic heterocycles. The molecule has 0 unspecified atom stereocenters. The number of carbonyl (C=O) groups is 2. The SMILES string of the molecule is CCCNC(=O)CN(C)c1ccc([N+](=O)[O-])cc1C=O. The van der Waals surface area contributed by atoms with Crippen LogP contribution in [0.4, 0.5) is 11.4 Å². The third-order valence-electron chi connectivity index (χ3n) is 2.71. The van der Waals surface area contributed by atoms with Gasteiger partial charge in [-0.3, -0.25) is 19.7 Å². The van der Waals surface area contributed by atoms with Crippen molar-refractivity contribution in [1.29, 1.82) is 0 Å². The first-order valence-corrected chi connectivity index (χ1v) is 6.21. The van der Waals surface area contributed by atoms with Gasteiger partial charge in [-0.2, -0.15) is 0 Å². The maximum absolute atomic E-state index is 11.6. The molecule has 7 nitrogen and oxygen atoms in total. The van der Waals surface area contributed by atoms with Crippen LogP contribution in [0.2, 0.25) is 0 Å². The normalized spacial score (nSPS) is 9.90. The lowest BCUT2D eigenvalue weighted by molar-refractivity contribution is -0.384. The Hall–Kier alpha value is -2.44. The van der Waals surface area contributed by atoms with Gasteiger partial charge in [0, 0.05) is 37.0 Å². The monoisotopic (exact) mass is 279 g/mol. The van der Waals surface area contributed by atoms with Crippen molar-refractivity contribution in [3.8, 4) is 0 Å². The van der Waals surface area contributed by atoms with E-state index in [1.807, 2.05) is 6.92 Å². The highest BCUT2D eigenvalue weighted by molar-refractivity contribution is 5.88. The molecule has 108 valence electrons. The van der Waals surface area contributed by atoms with E-state index in [1.54, 1.807) is 11.9 Å². The predicted molar refractivity (Wildman–Crippen MR) is 75.1 cm³/mol. The fourth-order valence-corrected chi connectivity index (χ4v) is 1.72. The number of nitrogens with zero attached hydrogens (tertiary/aromatic N) is 2. The maximum Gasteiger partial charge on any atom is 0.270 e. The van der Waals surface area contributed by atoms with Gasteiger partial charge in [-0.25, -0.2) is 0 Å². The number of nitrogens with one attached hydrogen (secondary N) is 1. The molecule has 0 saturated heterocycles. The number of anilines is 1. The molecule has 0 fully saturated rings. The number of nitro benzene ring substituents is 1. The number of non-ortho nitro benzene ring substituents is 1. The Labute approximate surface area is 116 Å². The Morgan fingerprint density at radius 3 is 2.75 bits per heavy atom. The molecule has 0 aliphatic heterocycles. The molecular weight excluding hydrogens is 262 g/mol. The first kappa shape index (κ1) is 15.6. The second kappa shape index (κ2) is 7.22. The molecule has 0 radical (unpaired) electrons. The minimum Gasteiger partial charge on any atom is -0.365 e. The molecule has 7 heteroatoms. The number of rotatable bonds is 7. The number of amides is 1. The van der Waals surface area contributed by atoms with Gasteiger partial charge in [0.1, 0.15) is 0 Å². The molecular formula is C13H17N3O4. The standard InChI is InChI=1S/C13H17N3O4/c1-3-6-14-13(18)8-15(2)12-5-4-11(16(19)20)7-10(12)9-17/h4-5,7,9H,3,6,8H2,1-2H3,(H,14,18). The molecule has 1 rings (SSSR count). The average Bonchev–Trinajstić information content (AvgIpc) is 2.44. The van der Waals surface area contributed by atoms with Crippen LogP contribution in [0.25, 0.3) is 0 Å². The van der Waals surface area contributed by atoms with Gasteiger partial charge in [-0.1, -0.05) is 6.92 Å². The van der Waals surface area contributed by atoms with Crippen LogP contribution in [0.3, 0.4) is 0 Å². The van der Waals surface area contributed by atoms with E-state index in [0.717, 1.165) is 6.42 Å². The Morgan fingerprint density at radius 1 is 1.50 bits per heavy atom. The van der Waals surface area contributed by atoms with Crippen LogP contribution in [-0.2, 0) is 4.79 Å². The molecule has 1 aromatic rings. The number of likely N-dealkylation sites (N-methyl/N-ethyl adjacent to an activating group) is 1. The summed E-state index contributed by atoms with van der Waals surface area (Å²) in [4.78, 5) is 34.3. The highest BCUT2D eigenvalue weighted by atomic mass is 16.6. The smallest absolute Gasteiger partial charge is 0.270 e. The number of hydrogen-bond acceptors (Lipinski definition) is 5. The summed E-state index contributed by atoms with van der Waals surface area (Å²) in [6.07, 6.45) is 1.38. The quantitative estimate of drug-likeness (QED) is 0.462. The zero-order valence-corrected chi connectivity index (χ0v) is 11.5. The first-order valence-electron chi connectivity index (χ1n) is 6.21. The average molecular weight is 279 g/mol. The Balaban J connectivity index is 2.87. The van der Waals surface area contributed by atoms with Gasteiger partial charge in [0.05, 0.1) is 11.5 Å². The number of carbonyl (C=O) groups excluding carboxylic acids is 2. The van der Waals surface area contributed by atoms with Gasteiger partial charge < -0.3 is 10.2 Å². The van der Waals surface area contributed by atoms with Gasteiger partial charge in [-0.15, -0.1) is 0 Å². The van der Waals surface area contributed by atoms with E-state index in [2.05, 4.69) is 5.32 Å². The Bertz CT molecular complexity index is 516. The number of nitro groups is 1. The molecule has 1 amide bonds. The maximum atomic E-state index is 11.6. The fraction of sp³-hybridized carbons (Fsp3) is 0.385. The lowest BCUT2D eigenvalue weighted by atomic mass is 10.1. The van der Waals surface area contributed by atoms with Gasteiger partial charge in [-0.05, 0) is 12.5 Å². The van der Waals surface area contributed by atoms with E-state index in [9.17, 15) is 19.7 Å². The predicted octanol–water partition coefficient (Wildman–Crippen LogP) is 1.37. The molecule has 1 aromatic carbocycles. The van der Waals surface area contributed by atoms with Crippen molar-refractivity contribution in [2.24, 2.45) is 0 Å². The van der Waals surface area contributed by atoms with E-state index < -0.39 is 4.92 Å². The number of benzene rings is 1. The molecule has 0 bridgehead atoms. The zero-order valence-electron chi connectivity index (χ0n) is 11.5. The van der Waals surface area contributed by atoms with Crippen molar-refractivity contribution in [3.63, 3.8) is 0 Å². The number of hydrogen-bond donors (Lipinski definition) is 1. The zero-order chi connectivity index (χ0) is 15.1. The van der Waals surface area contributed by atoms with Crippen LogP contribution in [0, 0.1) is 10.1 Å². The lowest BCUT2D eigenvalue weighted by Crippen LogP contribution is -2.35. The molecule has 0 aliphatic rings. The topological polar surface area (TPSA) is 92.6 Å². The second-order valence-electron chi connectivity index (χ2n) is 4.32. The van der Waals surface area contributed by atoms with Crippen molar-refractivity contribution in [2.45, 2.75) is 13.3 Å². The summed E-state index contributed by atoms with van der Waals surface area (Å²) in [6.45, 7) is 2.62. The van der Waals surface area contributed by atoms with Crippen molar-refractivity contribution >= 4 is 23.6 Å². The fourth-order valence-electron chi connectivity index (χ4n) is 1.72. The van der Waals surface area contributed by atoms with E-state index in [4.69, 9.17) is 0 Å². The summed E-state index contributed by atoms with van der Waals surface area (Å²) in [5.41, 5.74) is 0.516. The lowest BCUT2D eigenvalue weighted by Gasteiger charge is -2.20. The van der Waals surface area contributed by atoms with Crippen LogP contribution in [0.1, 0.15) is 23.7 Å². The van der Waals surface area contributed by atoms with Gasteiger partial charge in [0.15, 0.2) is 6.29 Å². The third-order valence-corrected chi connectivity index (χ3v) is 2.71. The molecule has 0 saturated carbocycles. The summed E-state index contributed by atoms with van der Waals surface area (Å²) in [7, 11) is 1.65. The molecule has 0 spiro atoms. The highest BCUT2D eigenvalue weighted by Crippen LogP contribution is 2.23. The Morgan fingerprint density at radius 2 is 2.20 bits per heavy atom. The van der Waals surface area contributed by atoms with Crippen LogP contribution < -0.4 is 10.2 Å². The third kappa shape index (κ3) is 4.04. The van der Waals surface area contributed by atoms with Crippen LogP contribution in [0.15, 0.2) is 18.2 Å². The van der Waals surface area contributed by atoms with Gasteiger partial charge in [0.25, 0.3) is 5.69 Å². The van der Waals surface area contributed by atoms with Crippen LogP contribution >= 0.6 is 0 Å². The highest BCUT2D eigenvalue weighted by Gasteiger charge is 2.14. The first-order chi connectivity index (χ1) is 9.49. The minimum absolute atomic E-state index is 0.0820. The van der Waals surface area contributed by atoms with Crippen LogP contribution in [-0.4, -0.2) is 37.3 Å². The van der Waals surface area contributed by atoms with E-state index in [0.29, 0.717) is 18.5 Å². The van der Waals surface area contributed by atoms with Crippen molar-refractivity contribution in [3.05, 3.63) is 33.9 Å². The molecule has 0 heterocycles. The summed E-state index contributed by atoms with van der Waals surface area (Å²) in [5, 5.41) is 13.4. The summed E-state index contributed by atoms with van der Waals surface area (Å²) < 4.78 is 0.